The van der Waals surface area contributed by atoms with E-state index >= 15 is 0 Å². The first kappa shape index (κ1) is 20.0. The van der Waals surface area contributed by atoms with Gasteiger partial charge in [0.25, 0.3) is 0 Å². The van der Waals surface area contributed by atoms with E-state index in [1.54, 1.807) is 12.1 Å². The predicted octanol–water partition coefficient (Wildman–Crippen LogP) is 4.26. The zero-order valence-corrected chi connectivity index (χ0v) is 17.8. The number of likely N-dealkylation sites (tertiary alicyclic amines) is 1. The van der Waals surface area contributed by atoms with Gasteiger partial charge in [-0.3, -0.25) is 0 Å². The Morgan fingerprint density at radius 2 is 1.65 bits per heavy atom. The number of hydrogen-bond acceptors (Lipinski definition) is 6. The Labute approximate surface area is 182 Å². The molecular weight excluding hydrogens is 388 g/mol. The van der Waals surface area contributed by atoms with Crippen LogP contribution in [-0.2, 0) is 0 Å². The maximum Gasteiger partial charge on any atom is 0.155 e. The maximum atomic E-state index is 10.2. The summed E-state index contributed by atoms with van der Waals surface area (Å²) >= 11 is 0. The number of nitrogens with two attached hydrogens (primary N) is 1. The molecule has 1 saturated heterocycles. The molecule has 2 aromatic heterocycles. The Kier molecular flexibility index (Phi) is 5.59. The van der Waals surface area contributed by atoms with E-state index in [9.17, 15) is 5.11 Å². The summed E-state index contributed by atoms with van der Waals surface area (Å²) in [6.45, 7) is 2.33. The SMILES string of the molecule is Nc1nnc(-c2ccccc2O)cc1-c1cn(C2CCN(C3CCCCC3)CC2)cn1. The van der Waals surface area contributed by atoms with Crippen molar-refractivity contribution in [1.29, 1.82) is 0 Å². The number of nitrogens with zero attached hydrogens (tertiary/aromatic N) is 5. The van der Waals surface area contributed by atoms with Gasteiger partial charge in [0.05, 0.1) is 17.7 Å². The molecule has 1 aromatic carbocycles. The fourth-order valence-electron chi connectivity index (χ4n) is 5.10. The normalized spacial score (nSPS) is 19.0. The summed E-state index contributed by atoms with van der Waals surface area (Å²) in [6, 6.07) is 10.2. The number of phenolic OH excluding ortho intramolecular Hbond substituents is 1. The molecule has 1 saturated carbocycles. The van der Waals surface area contributed by atoms with Crippen molar-refractivity contribution in [3.05, 3.63) is 42.9 Å². The summed E-state index contributed by atoms with van der Waals surface area (Å²) in [4.78, 5) is 7.33. The van der Waals surface area contributed by atoms with Gasteiger partial charge in [-0.2, -0.15) is 0 Å². The molecule has 31 heavy (non-hydrogen) atoms. The lowest BCUT2D eigenvalue weighted by Gasteiger charge is -2.39. The first-order valence-electron chi connectivity index (χ1n) is 11.4. The molecule has 162 valence electrons. The molecule has 3 aromatic rings. The van der Waals surface area contributed by atoms with Crippen molar-refractivity contribution in [1.82, 2.24) is 24.6 Å². The van der Waals surface area contributed by atoms with Crippen molar-refractivity contribution in [2.24, 2.45) is 0 Å². The number of piperidine rings is 1. The molecule has 3 heterocycles. The molecule has 2 aliphatic rings. The number of anilines is 1. The van der Waals surface area contributed by atoms with Crippen molar-refractivity contribution in [3.8, 4) is 28.3 Å². The Balaban J connectivity index is 1.32. The summed E-state index contributed by atoms with van der Waals surface area (Å²) in [5, 5.41) is 18.4. The smallest absolute Gasteiger partial charge is 0.155 e. The van der Waals surface area contributed by atoms with Crippen molar-refractivity contribution in [2.75, 3.05) is 18.8 Å². The molecule has 2 fully saturated rings. The van der Waals surface area contributed by atoms with Crippen LogP contribution in [0.15, 0.2) is 42.9 Å². The average Bonchev–Trinajstić information content (AvgIpc) is 3.31. The lowest BCUT2D eigenvalue weighted by molar-refractivity contribution is 0.109. The second kappa shape index (κ2) is 8.67. The fraction of sp³-hybridized carbons (Fsp3) is 0.458. The predicted molar refractivity (Wildman–Crippen MR) is 121 cm³/mol. The molecule has 0 spiro atoms. The van der Waals surface area contributed by atoms with Crippen LogP contribution in [0.1, 0.15) is 51.0 Å². The first-order valence-corrected chi connectivity index (χ1v) is 11.4. The van der Waals surface area contributed by atoms with Crippen molar-refractivity contribution < 1.29 is 5.11 Å². The fourth-order valence-corrected chi connectivity index (χ4v) is 5.10. The summed E-state index contributed by atoms with van der Waals surface area (Å²) in [5.41, 5.74) is 8.88. The van der Waals surface area contributed by atoms with E-state index in [2.05, 4.69) is 30.8 Å². The maximum absolute atomic E-state index is 10.2. The lowest BCUT2D eigenvalue weighted by Crippen LogP contribution is -2.42. The van der Waals surface area contributed by atoms with Gasteiger partial charge in [0.2, 0.25) is 0 Å². The topological polar surface area (TPSA) is 93.1 Å². The molecule has 3 N–H and O–H groups in total. The van der Waals surface area contributed by atoms with Crippen LogP contribution in [0, 0.1) is 0 Å². The minimum absolute atomic E-state index is 0.169. The third-order valence-electron chi connectivity index (χ3n) is 6.89. The number of aromatic hydroxyl groups is 1. The van der Waals surface area contributed by atoms with Crippen LogP contribution in [-0.4, -0.2) is 48.9 Å². The number of imidazole rings is 1. The van der Waals surface area contributed by atoms with Crippen LogP contribution in [0.25, 0.3) is 22.5 Å². The molecule has 0 unspecified atom stereocenters. The first-order chi connectivity index (χ1) is 15.2. The van der Waals surface area contributed by atoms with E-state index in [0.717, 1.165) is 30.1 Å². The minimum atomic E-state index is 0.169. The Morgan fingerprint density at radius 1 is 0.871 bits per heavy atom. The van der Waals surface area contributed by atoms with Crippen LogP contribution in [0.3, 0.4) is 0 Å². The number of rotatable bonds is 4. The van der Waals surface area contributed by atoms with E-state index in [4.69, 9.17) is 5.73 Å². The second-order valence-electron chi connectivity index (χ2n) is 8.81. The Hall–Kier alpha value is -2.93. The monoisotopic (exact) mass is 418 g/mol. The van der Waals surface area contributed by atoms with Crippen LogP contribution in [0.2, 0.25) is 0 Å². The third kappa shape index (κ3) is 4.14. The highest BCUT2D eigenvalue weighted by molar-refractivity contribution is 5.76. The molecule has 0 radical (unpaired) electrons. The number of benzene rings is 1. The number of phenols is 1. The highest BCUT2D eigenvalue weighted by Crippen LogP contribution is 2.33. The van der Waals surface area contributed by atoms with Crippen molar-refractivity contribution in [3.63, 3.8) is 0 Å². The zero-order valence-electron chi connectivity index (χ0n) is 17.8. The average molecular weight is 419 g/mol. The zero-order chi connectivity index (χ0) is 21.2. The standard InChI is InChI=1S/C24H30N6O/c25-24-20(14-21(27-28-24)19-8-4-5-9-23(19)31)22-15-30(16-26-22)18-10-12-29(13-11-18)17-6-2-1-3-7-17/h4-5,8-9,14-18,31H,1-3,6-7,10-13H2,(H2,25,28). The van der Waals surface area contributed by atoms with Crippen molar-refractivity contribution in [2.45, 2.75) is 57.0 Å². The molecule has 7 nitrogen and oxygen atoms in total. The summed E-state index contributed by atoms with van der Waals surface area (Å²) in [7, 11) is 0. The number of aromatic nitrogens is 4. The van der Waals surface area contributed by atoms with Gasteiger partial charge in [-0.05, 0) is 43.9 Å². The van der Waals surface area contributed by atoms with Gasteiger partial charge in [0.15, 0.2) is 5.82 Å². The van der Waals surface area contributed by atoms with Gasteiger partial charge in [0.1, 0.15) is 5.75 Å². The number of hydrogen-bond donors (Lipinski definition) is 2. The number of nitrogen functional groups attached to an aromatic ring is 1. The Bertz CT molecular complexity index is 1030. The van der Waals surface area contributed by atoms with Gasteiger partial charge < -0.3 is 20.3 Å². The summed E-state index contributed by atoms with van der Waals surface area (Å²) in [6.07, 6.45) is 13.2. The van der Waals surface area contributed by atoms with Gasteiger partial charge in [-0.25, -0.2) is 4.98 Å². The molecule has 7 heteroatoms. The third-order valence-corrected chi connectivity index (χ3v) is 6.89. The van der Waals surface area contributed by atoms with E-state index in [0.29, 0.717) is 23.1 Å². The van der Waals surface area contributed by atoms with E-state index in [1.165, 1.54) is 45.2 Å². The molecule has 0 amide bonds. The molecule has 0 bridgehead atoms. The summed E-state index contributed by atoms with van der Waals surface area (Å²) in [5.74, 6) is 0.513. The largest absolute Gasteiger partial charge is 0.507 e. The Morgan fingerprint density at radius 3 is 2.42 bits per heavy atom. The summed E-state index contributed by atoms with van der Waals surface area (Å²) < 4.78 is 2.23. The van der Waals surface area contributed by atoms with Crippen LogP contribution in [0.4, 0.5) is 5.82 Å². The molecule has 0 atom stereocenters. The van der Waals surface area contributed by atoms with E-state index < -0.39 is 0 Å². The van der Waals surface area contributed by atoms with Gasteiger partial charge >= 0.3 is 0 Å². The number of para-hydroxylation sites is 1. The lowest BCUT2D eigenvalue weighted by atomic mass is 9.92. The second-order valence-corrected chi connectivity index (χ2v) is 8.81. The quantitative estimate of drug-likeness (QED) is 0.657. The van der Waals surface area contributed by atoms with E-state index in [-0.39, 0.29) is 5.75 Å². The molecule has 5 rings (SSSR count). The van der Waals surface area contributed by atoms with Crippen LogP contribution >= 0.6 is 0 Å². The minimum Gasteiger partial charge on any atom is -0.507 e. The van der Waals surface area contributed by atoms with Crippen LogP contribution in [0.5, 0.6) is 5.75 Å². The van der Waals surface area contributed by atoms with E-state index in [1.807, 2.05) is 24.5 Å². The van der Waals surface area contributed by atoms with Gasteiger partial charge in [-0.15, -0.1) is 10.2 Å². The van der Waals surface area contributed by atoms with Crippen molar-refractivity contribution >= 4 is 5.82 Å². The van der Waals surface area contributed by atoms with Crippen LogP contribution < -0.4 is 5.73 Å². The highest BCUT2D eigenvalue weighted by atomic mass is 16.3. The molecule has 1 aliphatic heterocycles. The van der Waals surface area contributed by atoms with Gasteiger partial charge in [-0.1, -0.05) is 31.4 Å². The highest BCUT2D eigenvalue weighted by Gasteiger charge is 2.27. The molecular formula is C24H30N6O. The van der Waals surface area contributed by atoms with Gasteiger partial charge in [0, 0.05) is 42.5 Å². The molecule has 1 aliphatic carbocycles.